The van der Waals surface area contributed by atoms with Crippen molar-refractivity contribution in [2.75, 3.05) is 0 Å². The quantitative estimate of drug-likeness (QED) is 0.392. The van der Waals surface area contributed by atoms with Gasteiger partial charge < -0.3 is 5.21 Å². The first-order valence-electron chi connectivity index (χ1n) is 3.38. The van der Waals surface area contributed by atoms with Crippen LogP contribution in [0.25, 0.3) is 0 Å². The van der Waals surface area contributed by atoms with Crippen molar-refractivity contribution < 1.29 is 5.21 Å². The summed E-state index contributed by atoms with van der Waals surface area (Å²) in [5, 5.41) is 11.7. The average molecular weight is 127 g/mol. The van der Waals surface area contributed by atoms with E-state index in [2.05, 4.69) is 19.0 Å². The predicted octanol–water partition coefficient (Wildman–Crippen LogP) is 2.03. The molecule has 0 aromatic carbocycles. The van der Waals surface area contributed by atoms with E-state index in [0.717, 1.165) is 18.6 Å². The van der Waals surface area contributed by atoms with E-state index in [-0.39, 0.29) is 5.41 Å². The third-order valence-electron chi connectivity index (χ3n) is 2.12. The van der Waals surface area contributed by atoms with Crippen molar-refractivity contribution in [1.29, 1.82) is 0 Å². The molecule has 0 radical (unpaired) electrons. The summed E-state index contributed by atoms with van der Waals surface area (Å²) in [6.45, 7) is 4.24. The number of hydrogen-bond donors (Lipinski definition) is 1. The Morgan fingerprint density at radius 2 is 2.22 bits per heavy atom. The maximum atomic E-state index is 8.49. The predicted molar refractivity (Wildman–Crippen MR) is 36.9 cm³/mol. The molecule has 0 spiro atoms. The molecule has 1 N–H and O–H groups in total. The van der Waals surface area contributed by atoms with E-state index in [1.807, 2.05) is 0 Å². The van der Waals surface area contributed by atoms with Crippen LogP contribution in [0.5, 0.6) is 0 Å². The largest absolute Gasteiger partial charge is 0.411 e. The summed E-state index contributed by atoms with van der Waals surface area (Å²) in [6.07, 6.45) is 3.31. The van der Waals surface area contributed by atoms with Crippen molar-refractivity contribution in [3.05, 3.63) is 0 Å². The molecule has 0 unspecified atom stereocenters. The van der Waals surface area contributed by atoms with Crippen molar-refractivity contribution in [2.24, 2.45) is 10.6 Å². The third-order valence-corrected chi connectivity index (χ3v) is 2.12. The molecule has 1 fully saturated rings. The fraction of sp³-hybridized carbons (Fsp3) is 0.857. The van der Waals surface area contributed by atoms with Gasteiger partial charge in [0.15, 0.2) is 0 Å². The van der Waals surface area contributed by atoms with E-state index in [1.54, 1.807) is 0 Å². The van der Waals surface area contributed by atoms with Gasteiger partial charge in [-0.3, -0.25) is 0 Å². The Hall–Kier alpha value is -0.530. The monoisotopic (exact) mass is 127 g/mol. The van der Waals surface area contributed by atoms with Gasteiger partial charge in [0.2, 0.25) is 0 Å². The van der Waals surface area contributed by atoms with Gasteiger partial charge in [-0.15, -0.1) is 0 Å². The van der Waals surface area contributed by atoms with Crippen LogP contribution in [0.2, 0.25) is 0 Å². The molecule has 9 heavy (non-hydrogen) atoms. The highest BCUT2D eigenvalue weighted by Crippen LogP contribution is 2.34. The number of oxime groups is 1. The van der Waals surface area contributed by atoms with Crippen molar-refractivity contribution >= 4 is 5.71 Å². The van der Waals surface area contributed by atoms with Crippen LogP contribution in [0.3, 0.4) is 0 Å². The molecule has 2 nitrogen and oxygen atoms in total. The van der Waals surface area contributed by atoms with Crippen LogP contribution in [0.4, 0.5) is 0 Å². The second-order valence-electron chi connectivity index (χ2n) is 3.28. The Morgan fingerprint density at radius 3 is 2.44 bits per heavy atom. The fourth-order valence-corrected chi connectivity index (χ4v) is 1.37. The molecule has 0 aromatic heterocycles. The molecule has 2 heteroatoms. The maximum absolute atomic E-state index is 8.49. The van der Waals surface area contributed by atoms with Gasteiger partial charge in [-0.05, 0) is 19.3 Å². The lowest BCUT2D eigenvalue weighted by Gasteiger charge is -2.15. The second kappa shape index (κ2) is 2.01. The van der Waals surface area contributed by atoms with Gasteiger partial charge in [-0.1, -0.05) is 19.0 Å². The normalized spacial score (nSPS) is 29.3. The molecular formula is C7H13NO. The van der Waals surface area contributed by atoms with Crippen molar-refractivity contribution in [3.63, 3.8) is 0 Å². The van der Waals surface area contributed by atoms with Crippen molar-refractivity contribution in [2.45, 2.75) is 33.1 Å². The topological polar surface area (TPSA) is 32.6 Å². The molecular weight excluding hydrogens is 114 g/mol. The lowest BCUT2D eigenvalue weighted by atomic mass is 9.90. The summed E-state index contributed by atoms with van der Waals surface area (Å²) in [5.41, 5.74) is 1.12. The van der Waals surface area contributed by atoms with Gasteiger partial charge in [-0.25, -0.2) is 0 Å². The van der Waals surface area contributed by atoms with Gasteiger partial charge >= 0.3 is 0 Å². The van der Waals surface area contributed by atoms with Crippen LogP contribution in [0, 0.1) is 5.41 Å². The van der Waals surface area contributed by atoms with Crippen LogP contribution >= 0.6 is 0 Å². The number of hydrogen-bond acceptors (Lipinski definition) is 2. The van der Waals surface area contributed by atoms with Crippen molar-refractivity contribution in [1.82, 2.24) is 0 Å². The first-order chi connectivity index (χ1) is 4.17. The van der Waals surface area contributed by atoms with Crippen LogP contribution in [-0.2, 0) is 0 Å². The van der Waals surface area contributed by atoms with E-state index < -0.39 is 0 Å². The zero-order chi connectivity index (χ0) is 6.91. The van der Waals surface area contributed by atoms with Crippen LogP contribution in [0.15, 0.2) is 5.16 Å². The summed E-state index contributed by atoms with van der Waals surface area (Å²) in [4.78, 5) is 0. The Labute approximate surface area is 55.6 Å². The number of rotatable bonds is 0. The molecule has 0 heterocycles. The Bertz CT molecular complexity index is 138. The van der Waals surface area contributed by atoms with E-state index in [4.69, 9.17) is 5.21 Å². The third kappa shape index (κ3) is 1.07. The molecule has 0 atom stereocenters. The molecule has 1 aliphatic rings. The second-order valence-corrected chi connectivity index (χ2v) is 3.28. The highest BCUT2D eigenvalue weighted by Gasteiger charge is 2.30. The zero-order valence-corrected chi connectivity index (χ0v) is 6.02. The van der Waals surface area contributed by atoms with Crippen molar-refractivity contribution in [3.8, 4) is 0 Å². The molecule has 52 valence electrons. The van der Waals surface area contributed by atoms with Gasteiger partial charge in [0.25, 0.3) is 0 Å². The minimum absolute atomic E-state index is 0.161. The van der Waals surface area contributed by atoms with Gasteiger partial charge in [0.1, 0.15) is 0 Å². The van der Waals surface area contributed by atoms with E-state index in [0.29, 0.717) is 0 Å². The lowest BCUT2D eigenvalue weighted by Crippen LogP contribution is -2.16. The molecule has 1 saturated carbocycles. The average Bonchev–Trinajstić information content (AvgIpc) is 2.08. The zero-order valence-electron chi connectivity index (χ0n) is 6.02. The molecule has 0 aliphatic heterocycles. The first-order valence-corrected chi connectivity index (χ1v) is 3.38. The SMILES string of the molecule is CC1(C)CCCC1=NO. The van der Waals surface area contributed by atoms with Gasteiger partial charge in [0.05, 0.1) is 5.71 Å². The van der Waals surface area contributed by atoms with Gasteiger partial charge in [0, 0.05) is 5.41 Å². The highest BCUT2D eigenvalue weighted by molar-refractivity contribution is 5.90. The van der Waals surface area contributed by atoms with E-state index in [1.165, 1.54) is 6.42 Å². The maximum Gasteiger partial charge on any atom is 0.0626 e. The Morgan fingerprint density at radius 1 is 1.56 bits per heavy atom. The Balaban J connectivity index is 2.75. The lowest BCUT2D eigenvalue weighted by molar-refractivity contribution is 0.310. The summed E-state index contributed by atoms with van der Waals surface area (Å²) in [5.74, 6) is 0. The highest BCUT2D eigenvalue weighted by atomic mass is 16.4. The summed E-state index contributed by atoms with van der Waals surface area (Å²) in [6, 6.07) is 0. The van der Waals surface area contributed by atoms with Crippen LogP contribution in [-0.4, -0.2) is 10.9 Å². The Kier molecular flexibility index (Phi) is 1.47. The molecule has 0 bridgehead atoms. The van der Waals surface area contributed by atoms with Gasteiger partial charge in [-0.2, -0.15) is 0 Å². The molecule has 0 saturated heterocycles. The first kappa shape index (κ1) is 6.59. The molecule has 0 amide bonds. The van der Waals surface area contributed by atoms with Crippen LogP contribution in [0.1, 0.15) is 33.1 Å². The summed E-state index contributed by atoms with van der Waals surface area (Å²) >= 11 is 0. The molecule has 1 aliphatic carbocycles. The standard InChI is InChI=1S/C7H13NO/c1-7(2)5-3-4-6(7)8-9/h9H,3-5H2,1-2H3. The summed E-state index contributed by atoms with van der Waals surface area (Å²) < 4.78 is 0. The molecule has 0 aromatic rings. The minimum atomic E-state index is 0.161. The number of nitrogens with zero attached hydrogens (tertiary/aromatic N) is 1. The fourth-order valence-electron chi connectivity index (χ4n) is 1.37. The molecule has 1 rings (SSSR count). The smallest absolute Gasteiger partial charge is 0.0626 e. The van der Waals surface area contributed by atoms with Crippen LogP contribution < -0.4 is 0 Å². The van der Waals surface area contributed by atoms with E-state index >= 15 is 0 Å². The van der Waals surface area contributed by atoms with E-state index in [9.17, 15) is 0 Å². The minimum Gasteiger partial charge on any atom is -0.411 e. The summed E-state index contributed by atoms with van der Waals surface area (Å²) in [7, 11) is 0.